The second-order valence-corrected chi connectivity index (χ2v) is 6.42. The molecule has 1 heterocycles. The van der Waals surface area contributed by atoms with Crippen LogP contribution in [0.4, 0.5) is 4.79 Å². The van der Waals surface area contributed by atoms with Gasteiger partial charge in [0.05, 0.1) is 6.04 Å². The molecule has 2 amide bonds. The molecule has 1 fully saturated rings. The van der Waals surface area contributed by atoms with Crippen molar-refractivity contribution in [3.05, 3.63) is 35.4 Å². The van der Waals surface area contributed by atoms with Crippen LogP contribution in [0, 0.1) is 0 Å². The summed E-state index contributed by atoms with van der Waals surface area (Å²) in [6.07, 6.45) is 0. The molecule has 0 saturated carbocycles. The number of rotatable bonds is 3. The Bertz CT molecular complexity index is 499. The highest BCUT2D eigenvalue weighted by Gasteiger charge is 2.32. The lowest BCUT2D eigenvalue weighted by Crippen LogP contribution is -2.53. The Hall–Kier alpha value is -1.55. The molecule has 0 aromatic heterocycles. The Morgan fingerprint density at radius 1 is 1.19 bits per heavy atom. The third-order valence-electron chi connectivity index (χ3n) is 4.37. The molecular weight excluding hydrogens is 262 g/mol. The Balaban J connectivity index is 2.38. The second-order valence-electron chi connectivity index (χ2n) is 6.42. The van der Waals surface area contributed by atoms with Gasteiger partial charge in [-0.05, 0) is 30.9 Å². The molecule has 1 aromatic carbocycles. The molecule has 2 rings (SSSR count). The lowest BCUT2D eigenvalue weighted by Gasteiger charge is -2.44. The standard InChI is InChI=1S/C17H27N3O/c1-12(2)14-7-5-6-8-15(14)16-11-19(17(18)21)9-10-20(16)13(3)4/h5-8,12-13,16H,9-11H2,1-4H3,(H2,18,21). The fourth-order valence-corrected chi connectivity index (χ4v) is 3.23. The summed E-state index contributed by atoms with van der Waals surface area (Å²) in [5.41, 5.74) is 8.18. The fourth-order valence-electron chi connectivity index (χ4n) is 3.23. The lowest BCUT2D eigenvalue weighted by atomic mass is 9.90. The molecule has 1 aliphatic heterocycles. The molecule has 1 atom stereocenters. The zero-order valence-electron chi connectivity index (χ0n) is 13.5. The molecule has 21 heavy (non-hydrogen) atoms. The molecule has 2 N–H and O–H groups in total. The van der Waals surface area contributed by atoms with Crippen LogP contribution in [-0.2, 0) is 0 Å². The molecule has 0 aliphatic carbocycles. The van der Waals surface area contributed by atoms with E-state index < -0.39 is 0 Å². The topological polar surface area (TPSA) is 49.6 Å². The van der Waals surface area contributed by atoms with E-state index in [0.29, 0.717) is 25.0 Å². The fraction of sp³-hybridized carbons (Fsp3) is 0.588. The number of urea groups is 1. The number of benzene rings is 1. The van der Waals surface area contributed by atoms with Gasteiger partial charge in [0.25, 0.3) is 0 Å². The van der Waals surface area contributed by atoms with Gasteiger partial charge in [-0.1, -0.05) is 38.1 Å². The van der Waals surface area contributed by atoms with E-state index in [1.165, 1.54) is 11.1 Å². The van der Waals surface area contributed by atoms with E-state index in [-0.39, 0.29) is 12.1 Å². The van der Waals surface area contributed by atoms with Crippen LogP contribution in [0.5, 0.6) is 0 Å². The average Bonchev–Trinajstić information content (AvgIpc) is 2.46. The Labute approximate surface area is 127 Å². The highest BCUT2D eigenvalue weighted by atomic mass is 16.2. The van der Waals surface area contributed by atoms with Crippen molar-refractivity contribution in [3.63, 3.8) is 0 Å². The minimum atomic E-state index is -0.314. The maximum atomic E-state index is 11.6. The van der Waals surface area contributed by atoms with E-state index >= 15 is 0 Å². The predicted molar refractivity (Wildman–Crippen MR) is 86.3 cm³/mol. The summed E-state index contributed by atoms with van der Waals surface area (Å²) in [7, 11) is 0. The molecule has 1 aromatic rings. The molecule has 116 valence electrons. The van der Waals surface area contributed by atoms with Crippen molar-refractivity contribution < 1.29 is 4.79 Å². The summed E-state index contributed by atoms with van der Waals surface area (Å²) >= 11 is 0. The number of nitrogens with two attached hydrogens (primary N) is 1. The molecule has 0 bridgehead atoms. The van der Waals surface area contributed by atoms with Crippen LogP contribution in [0.3, 0.4) is 0 Å². The summed E-state index contributed by atoms with van der Waals surface area (Å²) in [6.45, 7) is 11.1. The van der Waals surface area contributed by atoms with Crippen molar-refractivity contribution in [1.82, 2.24) is 9.80 Å². The van der Waals surface area contributed by atoms with Gasteiger partial charge < -0.3 is 10.6 Å². The number of carbonyl (C=O) groups is 1. The highest BCUT2D eigenvalue weighted by Crippen LogP contribution is 2.32. The lowest BCUT2D eigenvalue weighted by molar-refractivity contribution is 0.0677. The van der Waals surface area contributed by atoms with Crippen LogP contribution >= 0.6 is 0 Å². The minimum Gasteiger partial charge on any atom is -0.351 e. The highest BCUT2D eigenvalue weighted by molar-refractivity contribution is 5.72. The van der Waals surface area contributed by atoms with Gasteiger partial charge in [0.2, 0.25) is 0 Å². The second kappa shape index (κ2) is 6.48. The van der Waals surface area contributed by atoms with Crippen LogP contribution in [0.1, 0.15) is 50.8 Å². The van der Waals surface area contributed by atoms with Gasteiger partial charge >= 0.3 is 6.03 Å². The molecule has 4 nitrogen and oxygen atoms in total. The predicted octanol–water partition coefficient (Wildman–Crippen LogP) is 2.96. The number of amides is 2. The van der Waals surface area contributed by atoms with Crippen molar-refractivity contribution in [2.75, 3.05) is 19.6 Å². The number of hydrogen-bond donors (Lipinski definition) is 1. The Morgan fingerprint density at radius 2 is 1.86 bits per heavy atom. The zero-order valence-corrected chi connectivity index (χ0v) is 13.5. The van der Waals surface area contributed by atoms with Crippen LogP contribution in [-0.4, -0.2) is 41.5 Å². The maximum Gasteiger partial charge on any atom is 0.314 e. The number of piperazine rings is 1. The molecule has 1 unspecified atom stereocenters. The van der Waals surface area contributed by atoms with Gasteiger partial charge in [-0.2, -0.15) is 0 Å². The van der Waals surface area contributed by atoms with Crippen molar-refractivity contribution >= 4 is 6.03 Å². The minimum absolute atomic E-state index is 0.227. The summed E-state index contributed by atoms with van der Waals surface area (Å²) in [5.74, 6) is 0.471. The van der Waals surface area contributed by atoms with Crippen LogP contribution < -0.4 is 5.73 Å². The maximum absolute atomic E-state index is 11.6. The van der Waals surface area contributed by atoms with Gasteiger partial charge in [-0.15, -0.1) is 0 Å². The van der Waals surface area contributed by atoms with E-state index in [4.69, 9.17) is 5.73 Å². The van der Waals surface area contributed by atoms with E-state index in [1.54, 1.807) is 4.90 Å². The third-order valence-corrected chi connectivity index (χ3v) is 4.37. The number of primary amides is 1. The van der Waals surface area contributed by atoms with Crippen LogP contribution in [0.15, 0.2) is 24.3 Å². The Kier molecular flexibility index (Phi) is 4.88. The quantitative estimate of drug-likeness (QED) is 0.930. The Morgan fingerprint density at radius 3 is 2.43 bits per heavy atom. The van der Waals surface area contributed by atoms with Crippen molar-refractivity contribution in [2.24, 2.45) is 5.73 Å². The average molecular weight is 289 g/mol. The summed E-state index contributed by atoms with van der Waals surface area (Å²) < 4.78 is 0. The third kappa shape index (κ3) is 3.38. The van der Waals surface area contributed by atoms with E-state index in [1.807, 2.05) is 0 Å². The molecule has 0 radical (unpaired) electrons. The van der Waals surface area contributed by atoms with Crippen molar-refractivity contribution in [2.45, 2.75) is 45.7 Å². The number of nitrogens with zero attached hydrogens (tertiary/aromatic N) is 2. The first kappa shape index (κ1) is 15.8. The summed E-state index contributed by atoms with van der Waals surface area (Å²) in [6, 6.07) is 8.93. The monoisotopic (exact) mass is 289 g/mol. The van der Waals surface area contributed by atoms with Crippen molar-refractivity contribution in [3.8, 4) is 0 Å². The van der Waals surface area contributed by atoms with Gasteiger partial charge in [0.15, 0.2) is 0 Å². The van der Waals surface area contributed by atoms with E-state index in [2.05, 4.69) is 56.9 Å². The van der Waals surface area contributed by atoms with E-state index in [0.717, 1.165) is 6.54 Å². The van der Waals surface area contributed by atoms with Crippen molar-refractivity contribution in [1.29, 1.82) is 0 Å². The molecule has 4 heteroatoms. The first-order valence-electron chi connectivity index (χ1n) is 7.80. The number of hydrogen-bond acceptors (Lipinski definition) is 2. The largest absolute Gasteiger partial charge is 0.351 e. The first-order valence-corrected chi connectivity index (χ1v) is 7.80. The van der Waals surface area contributed by atoms with Gasteiger partial charge in [0, 0.05) is 25.7 Å². The van der Waals surface area contributed by atoms with Gasteiger partial charge in [-0.3, -0.25) is 4.90 Å². The molecule has 1 aliphatic rings. The normalized spacial score (nSPS) is 20.3. The first-order chi connectivity index (χ1) is 9.91. The van der Waals surface area contributed by atoms with Crippen LogP contribution in [0.25, 0.3) is 0 Å². The SMILES string of the molecule is CC(C)c1ccccc1C1CN(C(N)=O)CCN1C(C)C. The molecule has 1 saturated heterocycles. The zero-order chi connectivity index (χ0) is 15.6. The summed E-state index contributed by atoms with van der Waals surface area (Å²) in [5, 5.41) is 0. The number of carbonyl (C=O) groups excluding carboxylic acids is 1. The molecular formula is C17H27N3O. The van der Waals surface area contributed by atoms with Crippen LogP contribution in [0.2, 0.25) is 0 Å². The summed E-state index contributed by atoms with van der Waals surface area (Å²) in [4.78, 5) is 15.8. The van der Waals surface area contributed by atoms with Gasteiger partial charge in [0.1, 0.15) is 0 Å². The van der Waals surface area contributed by atoms with E-state index in [9.17, 15) is 4.79 Å². The molecule has 0 spiro atoms. The smallest absolute Gasteiger partial charge is 0.314 e. The van der Waals surface area contributed by atoms with Gasteiger partial charge in [-0.25, -0.2) is 4.79 Å².